The Morgan fingerprint density at radius 1 is 0.735 bits per heavy atom. The van der Waals surface area contributed by atoms with Crippen LogP contribution in [0.4, 0.5) is 21.0 Å². The van der Waals surface area contributed by atoms with Gasteiger partial charge in [0.2, 0.25) is 17.7 Å². The second kappa shape index (κ2) is 26.7. The third-order valence-electron chi connectivity index (χ3n) is 10.7. The number of imide groups is 1. The maximum absolute atomic E-state index is 13.8. The van der Waals surface area contributed by atoms with E-state index < -0.39 is 53.2 Å². The molecule has 1 atom stereocenters. The van der Waals surface area contributed by atoms with Gasteiger partial charge in [-0.15, -0.1) is 0 Å². The number of nitrogens with zero attached hydrogens (tertiary/aromatic N) is 1. The van der Waals surface area contributed by atoms with E-state index in [2.05, 4.69) is 26.6 Å². The average Bonchev–Trinajstić information content (AvgIpc) is 3.60. The average molecular weight is 942 g/mol. The lowest BCUT2D eigenvalue weighted by molar-refractivity contribution is -0.151. The molecule has 2 aromatic carbocycles. The Hall–Kier alpha value is -7.31. The van der Waals surface area contributed by atoms with Gasteiger partial charge in [-0.1, -0.05) is 58.4 Å². The Kier molecular flexibility index (Phi) is 21.0. The highest BCUT2D eigenvalue weighted by molar-refractivity contribution is 6.13. The molecule has 19 heteroatoms. The van der Waals surface area contributed by atoms with Gasteiger partial charge in [0.05, 0.1) is 18.9 Å². The molecule has 1 heterocycles. The number of carbonyl (C=O) groups is 9. The van der Waals surface area contributed by atoms with Crippen molar-refractivity contribution in [3.63, 3.8) is 0 Å². The Balaban J connectivity index is 1.34. The first-order valence-corrected chi connectivity index (χ1v) is 22.8. The molecular weight excluding hydrogens is 879 g/mol. The van der Waals surface area contributed by atoms with Crippen LogP contribution in [0.1, 0.15) is 95.8 Å². The number of anilines is 2. The van der Waals surface area contributed by atoms with Crippen LogP contribution in [0.2, 0.25) is 0 Å². The minimum Gasteiger partial charge on any atom is -0.462 e. The molecule has 366 valence electrons. The molecule has 0 saturated heterocycles. The summed E-state index contributed by atoms with van der Waals surface area (Å²) < 4.78 is 15.9. The van der Waals surface area contributed by atoms with Gasteiger partial charge in [0.25, 0.3) is 11.8 Å². The number of hydrogen-bond donors (Lipinski definition) is 6. The zero-order chi connectivity index (χ0) is 49.6. The molecule has 0 radical (unpaired) electrons. The third kappa shape index (κ3) is 17.5. The normalized spacial score (nSPS) is 14.4. The quantitative estimate of drug-likeness (QED) is 0.0179. The first-order chi connectivity index (χ1) is 32.4. The number of urea groups is 1. The van der Waals surface area contributed by atoms with Crippen LogP contribution in [0.25, 0.3) is 12.2 Å². The van der Waals surface area contributed by atoms with Gasteiger partial charge < -0.3 is 41.2 Å². The molecule has 68 heavy (non-hydrogen) atoms. The van der Waals surface area contributed by atoms with E-state index in [-0.39, 0.29) is 81.6 Å². The summed E-state index contributed by atoms with van der Waals surface area (Å²) in [4.78, 5) is 114. The smallest absolute Gasteiger partial charge is 0.411 e. The van der Waals surface area contributed by atoms with Gasteiger partial charge in [-0.3, -0.25) is 34.2 Å². The van der Waals surface area contributed by atoms with Crippen LogP contribution < -0.4 is 32.3 Å². The van der Waals surface area contributed by atoms with Crippen LogP contribution >= 0.6 is 0 Å². The van der Waals surface area contributed by atoms with Crippen LogP contribution in [0.5, 0.6) is 0 Å². The third-order valence-corrected chi connectivity index (χ3v) is 10.7. The number of esters is 2. The van der Waals surface area contributed by atoms with E-state index in [1.807, 2.05) is 27.7 Å². The molecule has 2 aromatic rings. The second-order valence-electron chi connectivity index (χ2n) is 17.3. The van der Waals surface area contributed by atoms with Crippen molar-refractivity contribution in [3.05, 3.63) is 83.5 Å². The van der Waals surface area contributed by atoms with Crippen molar-refractivity contribution in [1.82, 2.24) is 20.9 Å². The fourth-order valence-electron chi connectivity index (χ4n) is 6.82. The number of benzene rings is 2. The van der Waals surface area contributed by atoms with Crippen LogP contribution in [-0.2, 0) is 54.4 Å². The SMILES string of the molecule is CC(C)COC(=O)/C=C/c1ccc(/C=C/C(=O)OCC(C)C)c(NC(=O)OCc2ccc(NC(=O)[C@H](CCCNC(N)=O)NC(=O)C3(C(=O)NCCCCCN4C(=O)C=CC4=O)CCC3)cc2)c1. The molecule has 1 fully saturated rings. The van der Waals surface area contributed by atoms with Crippen molar-refractivity contribution in [2.24, 2.45) is 23.0 Å². The largest absolute Gasteiger partial charge is 0.462 e. The highest BCUT2D eigenvalue weighted by Gasteiger charge is 2.51. The molecule has 1 aliphatic heterocycles. The molecule has 0 unspecified atom stereocenters. The van der Waals surface area contributed by atoms with Crippen molar-refractivity contribution < 1.29 is 57.4 Å². The zero-order valence-corrected chi connectivity index (χ0v) is 39.1. The van der Waals surface area contributed by atoms with Gasteiger partial charge in [-0.05, 0) is 104 Å². The predicted octanol–water partition coefficient (Wildman–Crippen LogP) is 5.11. The molecule has 7 N–H and O–H groups in total. The summed E-state index contributed by atoms with van der Waals surface area (Å²) in [6.07, 6.45) is 10.6. The van der Waals surface area contributed by atoms with Crippen LogP contribution in [-0.4, -0.2) is 97.4 Å². The molecular formula is C49H63N7O12. The summed E-state index contributed by atoms with van der Waals surface area (Å²) in [6.45, 7) is 8.70. The van der Waals surface area contributed by atoms with Crippen molar-refractivity contribution >= 4 is 77.1 Å². The van der Waals surface area contributed by atoms with E-state index in [1.165, 1.54) is 36.5 Å². The van der Waals surface area contributed by atoms with E-state index in [9.17, 15) is 43.2 Å². The van der Waals surface area contributed by atoms with Gasteiger partial charge >= 0.3 is 24.1 Å². The standard InChI is InChI=1S/C49H63N7O12/c1-32(2)29-66-42(59)21-14-34-11-15-36(16-22-43(60)67-30-33(3)4)39(28-34)55-48(65)68-31-35-12-17-37(18-13-35)53-44(61)38(10-8-26-52-47(50)64)54-46(63)49(23-9-24-49)45(62)51-25-6-5-7-27-56-40(57)19-20-41(56)58/h11-22,28,32-33,38H,5-10,23-27,29-31H2,1-4H3,(H,51,62)(H,53,61)(H,54,63)(H,55,65)(H3,50,52,64)/b21-14+,22-16+/t38-/m0/s1. The lowest BCUT2D eigenvalue weighted by Crippen LogP contribution is -2.58. The number of primary amides is 1. The predicted molar refractivity (Wildman–Crippen MR) is 253 cm³/mol. The number of hydrogen-bond acceptors (Lipinski definition) is 12. The summed E-state index contributed by atoms with van der Waals surface area (Å²) in [5, 5.41) is 13.5. The van der Waals surface area contributed by atoms with Crippen LogP contribution in [0.15, 0.2) is 66.8 Å². The highest BCUT2D eigenvalue weighted by Crippen LogP contribution is 2.41. The maximum Gasteiger partial charge on any atom is 0.411 e. The fourth-order valence-corrected chi connectivity index (χ4v) is 6.82. The maximum atomic E-state index is 13.8. The van der Waals surface area contributed by atoms with E-state index in [1.54, 1.807) is 42.5 Å². The van der Waals surface area contributed by atoms with Gasteiger partial charge in [0.15, 0.2) is 0 Å². The molecule has 1 saturated carbocycles. The molecule has 0 bridgehead atoms. The van der Waals surface area contributed by atoms with Crippen molar-refractivity contribution in [3.8, 4) is 0 Å². The number of nitrogens with one attached hydrogen (secondary N) is 5. The van der Waals surface area contributed by atoms with E-state index >= 15 is 0 Å². The first kappa shape index (κ1) is 53.3. The Bertz CT molecular complexity index is 2210. The number of ether oxygens (including phenoxy) is 3. The van der Waals surface area contributed by atoms with Crippen LogP contribution in [0.3, 0.4) is 0 Å². The number of unbranched alkanes of at least 4 members (excludes halogenated alkanes) is 2. The molecule has 1 aliphatic carbocycles. The first-order valence-electron chi connectivity index (χ1n) is 22.8. The number of carbonyl (C=O) groups excluding carboxylic acids is 9. The topological polar surface area (TPSA) is 271 Å². The molecule has 2 aliphatic rings. The summed E-state index contributed by atoms with van der Waals surface area (Å²) in [6, 6.07) is 9.56. The summed E-state index contributed by atoms with van der Waals surface area (Å²) in [5.41, 5.74) is 6.08. The number of nitrogens with two attached hydrogens (primary N) is 1. The molecule has 0 aromatic heterocycles. The van der Waals surface area contributed by atoms with E-state index in [0.29, 0.717) is 60.9 Å². The van der Waals surface area contributed by atoms with Gasteiger partial charge in [-0.25, -0.2) is 19.2 Å². The Morgan fingerprint density at radius 3 is 1.97 bits per heavy atom. The van der Waals surface area contributed by atoms with Crippen LogP contribution in [0, 0.1) is 17.3 Å². The lowest BCUT2D eigenvalue weighted by atomic mass is 9.67. The van der Waals surface area contributed by atoms with Gasteiger partial charge in [-0.2, -0.15) is 0 Å². The molecule has 4 rings (SSSR count). The molecule has 0 spiro atoms. The minimum absolute atomic E-state index is 0.109. The number of amides is 8. The van der Waals surface area contributed by atoms with Gasteiger partial charge in [0.1, 0.15) is 18.1 Å². The Morgan fingerprint density at radius 2 is 1.37 bits per heavy atom. The van der Waals surface area contributed by atoms with Crippen molar-refractivity contribution in [2.75, 3.05) is 43.5 Å². The lowest BCUT2D eigenvalue weighted by Gasteiger charge is -2.39. The van der Waals surface area contributed by atoms with Gasteiger partial charge in [0, 0.05) is 49.6 Å². The summed E-state index contributed by atoms with van der Waals surface area (Å²) in [5.74, 6) is -3.08. The molecule has 19 nitrogen and oxygen atoms in total. The molecule has 8 amide bonds. The zero-order valence-electron chi connectivity index (χ0n) is 39.1. The number of rotatable bonds is 26. The summed E-state index contributed by atoms with van der Waals surface area (Å²) in [7, 11) is 0. The minimum atomic E-state index is -1.36. The fraction of sp³-hybridized carbons (Fsp3) is 0.449. The monoisotopic (exact) mass is 941 g/mol. The van der Waals surface area contributed by atoms with Crippen molar-refractivity contribution in [2.45, 2.75) is 91.7 Å². The van der Waals surface area contributed by atoms with Crippen molar-refractivity contribution in [1.29, 1.82) is 0 Å². The van der Waals surface area contributed by atoms with E-state index in [0.717, 1.165) is 4.90 Å². The van der Waals surface area contributed by atoms with E-state index in [4.69, 9.17) is 19.9 Å². The summed E-state index contributed by atoms with van der Waals surface area (Å²) >= 11 is 0. The second-order valence-corrected chi connectivity index (χ2v) is 17.3. The Labute approximate surface area is 396 Å². The highest BCUT2D eigenvalue weighted by atomic mass is 16.5.